The van der Waals surface area contributed by atoms with Gasteiger partial charge in [-0.1, -0.05) is 165 Å². The van der Waals surface area contributed by atoms with Crippen molar-refractivity contribution in [3.63, 3.8) is 0 Å². The fourth-order valence-electron chi connectivity index (χ4n) is 12.1. The first-order valence-corrected chi connectivity index (χ1v) is 35.1. The quantitative estimate of drug-likeness (QED) is 0.0328. The number of aryl methyl sites for hydroxylation is 15. The molecular formula is C94H98F6O11. The van der Waals surface area contributed by atoms with E-state index in [1.165, 1.54) is 47.7 Å². The molecule has 11 rings (SSSR count). The molecule has 0 aromatic heterocycles. The van der Waals surface area contributed by atoms with Gasteiger partial charge in [-0.25, -0.2) is 14.4 Å². The lowest BCUT2D eigenvalue weighted by atomic mass is 9.72. The van der Waals surface area contributed by atoms with Gasteiger partial charge >= 0.3 is 30.3 Å². The summed E-state index contributed by atoms with van der Waals surface area (Å²) in [5.74, 6) is -2.26. The third-order valence-corrected chi connectivity index (χ3v) is 19.2. The van der Waals surface area contributed by atoms with Crippen molar-refractivity contribution in [2.45, 2.75) is 149 Å². The number of rotatable bonds is 13. The standard InChI is InChI=1S/C18H16F6O.2C18H18O3.2C15H16O.C9H10O2.CH4/c1-10-4-5-13(8-11(10)2)16(17(19,20)21,18(22,23)24)14-6-7-15(25)12(3)9-14;2*1-11-4-6-14(9-16(11)13(3)19)8-15-7-5-12(2)17(10-15)18(20)21;1-10-4-6-13(8-12(10)3)14-7-5-11(2)15(16)9-14;1-10-4-5-13(8-11(10)2)14-6-7-15(16)12(3)9-14;1-6-3-7(2)5-8(4-6)9(10)11;/h4-9,25H,1-3H3;4-7,9-10H,8H2,1-3H3,(H,20,21);4-7,9-10,19H,3,8H2,1-2H3,(H,20,21);2*4-9,16H,1-3H3;3-5H,1-2H3,(H,10,11);1H4. The summed E-state index contributed by atoms with van der Waals surface area (Å²) in [6, 6.07) is 57.3. The summed E-state index contributed by atoms with van der Waals surface area (Å²) in [6.45, 7) is 32.8. The number of carbonyl (C=O) groups is 4. The Bertz CT molecular complexity index is 4680. The van der Waals surface area contributed by atoms with E-state index in [0.29, 0.717) is 58.2 Å². The first-order chi connectivity index (χ1) is 51.3. The Morgan fingerprint density at radius 1 is 0.306 bits per heavy atom. The number of hydrogen-bond donors (Lipinski definition) is 7. The minimum absolute atomic E-state index is 0. The summed E-state index contributed by atoms with van der Waals surface area (Å²) in [5, 5.41) is 65.2. The Morgan fingerprint density at radius 3 is 0.946 bits per heavy atom. The summed E-state index contributed by atoms with van der Waals surface area (Å²) in [5.41, 5.74) is 18.0. The van der Waals surface area contributed by atoms with Gasteiger partial charge in [0.05, 0.1) is 16.7 Å². The van der Waals surface area contributed by atoms with E-state index in [4.69, 9.17) is 15.3 Å². The summed E-state index contributed by atoms with van der Waals surface area (Å²) >= 11 is 0. The van der Waals surface area contributed by atoms with Crippen LogP contribution in [0.1, 0.15) is 178 Å². The highest BCUT2D eigenvalue weighted by atomic mass is 19.4. The number of alkyl halides is 6. The van der Waals surface area contributed by atoms with Crippen molar-refractivity contribution >= 4 is 29.5 Å². The Morgan fingerprint density at radius 2 is 0.604 bits per heavy atom. The number of Topliss-reactive ketones (excluding diaryl/α,β-unsaturated/α-hetero) is 1. The van der Waals surface area contributed by atoms with Gasteiger partial charge in [0.15, 0.2) is 5.78 Å². The molecule has 0 atom stereocenters. The van der Waals surface area contributed by atoms with Gasteiger partial charge in [0.25, 0.3) is 0 Å². The Balaban J connectivity index is 0.000000241. The van der Waals surface area contributed by atoms with E-state index < -0.39 is 46.8 Å². The molecule has 0 unspecified atom stereocenters. The van der Waals surface area contributed by atoms with Crippen molar-refractivity contribution in [2.24, 2.45) is 0 Å². The topological polar surface area (TPSA) is 210 Å². The molecule has 0 bridgehead atoms. The zero-order valence-corrected chi connectivity index (χ0v) is 64.7. The molecule has 0 amide bonds. The SMILES string of the molecule is C.C=C(O)c1cc(Cc2ccc(C)c(C(=O)O)c2)ccc1C.CC(=O)c1cc(Cc2ccc(C)c(C(=O)O)c2)ccc1C.Cc1cc(C)cc(C(=O)O)c1.Cc1ccc(-c2ccc(C)c(O)c2)cc1C.Cc1ccc(-c2ccc(O)c(C)c2)cc1C.Cc1ccc(C(c2ccc(O)c(C)c2)(C(F)(F)F)C(F)(F)F)cc1C. The van der Waals surface area contributed by atoms with Gasteiger partial charge in [-0.05, 0) is 312 Å². The summed E-state index contributed by atoms with van der Waals surface area (Å²) in [7, 11) is 0. The maximum atomic E-state index is 13.9. The van der Waals surface area contributed by atoms with E-state index in [1.54, 1.807) is 58.0 Å². The second-order valence-electron chi connectivity index (χ2n) is 27.9. The number of aliphatic hydroxyl groups excluding tert-OH is 1. The van der Waals surface area contributed by atoms with Crippen LogP contribution in [0.4, 0.5) is 26.3 Å². The van der Waals surface area contributed by atoms with Gasteiger partial charge in [-0.2, -0.15) is 26.3 Å². The molecule has 0 saturated heterocycles. The Hall–Kier alpha value is -12.0. The van der Waals surface area contributed by atoms with Crippen LogP contribution in [0.2, 0.25) is 0 Å². The molecule has 11 aromatic carbocycles. The monoisotopic (exact) mass is 1520 g/mol. The van der Waals surface area contributed by atoms with Crippen LogP contribution in [0.5, 0.6) is 17.2 Å². The maximum absolute atomic E-state index is 13.9. The van der Waals surface area contributed by atoms with Crippen LogP contribution in [0, 0.1) is 104 Å². The molecule has 0 spiro atoms. The fourth-order valence-corrected chi connectivity index (χ4v) is 12.1. The molecule has 7 N–H and O–H groups in total. The highest BCUT2D eigenvalue weighted by Gasteiger charge is 2.72. The van der Waals surface area contributed by atoms with Crippen molar-refractivity contribution in [1.29, 1.82) is 0 Å². The van der Waals surface area contributed by atoms with Gasteiger partial charge in [-0.3, -0.25) is 4.79 Å². The van der Waals surface area contributed by atoms with Gasteiger partial charge in [0, 0.05) is 11.1 Å². The van der Waals surface area contributed by atoms with Gasteiger partial charge in [0.2, 0.25) is 5.41 Å². The molecule has 0 aliphatic carbocycles. The molecule has 0 aliphatic rings. The van der Waals surface area contributed by atoms with Crippen molar-refractivity contribution in [3.8, 4) is 39.5 Å². The molecule has 582 valence electrons. The van der Waals surface area contributed by atoms with Gasteiger partial charge in [0.1, 0.15) is 23.0 Å². The number of carboxylic acid groups (broad SMARTS) is 3. The molecule has 0 fully saturated rings. The second kappa shape index (κ2) is 38.4. The van der Waals surface area contributed by atoms with Crippen molar-refractivity contribution < 1.29 is 81.3 Å². The van der Waals surface area contributed by atoms with E-state index in [2.05, 4.69) is 70.7 Å². The lowest BCUT2D eigenvalue weighted by molar-refractivity contribution is -0.288. The average Bonchev–Trinajstić information content (AvgIpc) is 0.713. The molecule has 17 heteroatoms. The van der Waals surface area contributed by atoms with E-state index >= 15 is 0 Å². The highest BCUT2D eigenvalue weighted by Crippen LogP contribution is 2.57. The van der Waals surface area contributed by atoms with Crippen molar-refractivity contribution in [3.05, 3.63) is 351 Å². The molecule has 11 nitrogen and oxygen atoms in total. The van der Waals surface area contributed by atoms with Crippen LogP contribution < -0.4 is 0 Å². The number of phenols is 3. The van der Waals surface area contributed by atoms with E-state index in [1.807, 2.05) is 139 Å². The number of benzene rings is 11. The van der Waals surface area contributed by atoms with Crippen LogP contribution in [-0.4, -0.2) is 71.8 Å². The maximum Gasteiger partial charge on any atom is 0.411 e. The van der Waals surface area contributed by atoms with Crippen LogP contribution in [-0.2, 0) is 18.3 Å². The average molecular weight is 1520 g/mol. The number of hydrogen-bond acceptors (Lipinski definition) is 8. The number of aliphatic hydroxyl groups is 1. The molecule has 11 aromatic rings. The summed E-state index contributed by atoms with van der Waals surface area (Å²) < 4.78 is 83.5. The predicted molar refractivity (Wildman–Crippen MR) is 433 cm³/mol. The molecular weight excluding hydrogens is 1420 g/mol. The molecule has 0 radical (unpaired) electrons. The number of ketones is 1. The van der Waals surface area contributed by atoms with Crippen LogP contribution in [0.15, 0.2) is 207 Å². The van der Waals surface area contributed by atoms with Crippen LogP contribution in [0.25, 0.3) is 28.0 Å². The lowest BCUT2D eigenvalue weighted by Crippen LogP contribution is -2.54. The largest absolute Gasteiger partial charge is 0.508 e. The van der Waals surface area contributed by atoms with Crippen LogP contribution in [0.3, 0.4) is 0 Å². The third-order valence-electron chi connectivity index (χ3n) is 19.2. The zero-order valence-electron chi connectivity index (χ0n) is 64.7. The molecule has 0 aliphatic heterocycles. The Kier molecular flexibility index (Phi) is 31.0. The van der Waals surface area contributed by atoms with Gasteiger partial charge in [-0.15, -0.1) is 0 Å². The van der Waals surface area contributed by atoms with Crippen molar-refractivity contribution in [1.82, 2.24) is 0 Å². The minimum Gasteiger partial charge on any atom is -0.508 e. The summed E-state index contributed by atoms with van der Waals surface area (Å²) in [6.07, 6.45) is -10.0. The Labute approximate surface area is 647 Å². The van der Waals surface area contributed by atoms with Gasteiger partial charge < -0.3 is 35.7 Å². The second-order valence-corrected chi connectivity index (χ2v) is 27.9. The number of phenolic OH excluding ortho intramolecular Hbond substituents is 3. The lowest BCUT2D eigenvalue weighted by Gasteiger charge is -2.38. The zero-order chi connectivity index (χ0) is 82.2. The molecule has 111 heavy (non-hydrogen) atoms. The van der Waals surface area contributed by atoms with Crippen molar-refractivity contribution in [2.75, 3.05) is 0 Å². The number of halogens is 6. The normalized spacial score (nSPS) is 10.9. The number of aromatic carboxylic acids is 3. The highest BCUT2D eigenvalue weighted by molar-refractivity contribution is 5.96. The third kappa shape index (κ3) is 23.5. The number of carbonyl (C=O) groups excluding carboxylic acids is 1. The summed E-state index contributed by atoms with van der Waals surface area (Å²) in [4.78, 5) is 44.4. The first kappa shape index (κ1) is 89.6. The predicted octanol–water partition coefficient (Wildman–Crippen LogP) is 24.3. The van der Waals surface area contributed by atoms with E-state index in [-0.39, 0.29) is 30.3 Å². The first-order valence-electron chi connectivity index (χ1n) is 35.1. The fraction of sp³-hybridized carbons (Fsp3) is 0.234. The van der Waals surface area contributed by atoms with Crippen LogP contribution >= 0.6 is 0 Å². The number of carboxylic acids is 3. The molecule has 0 saturated carbocycles. The van der Waals surface area contributed by atoms with E-state index in [9.17, 15) is 65.9 Å². The van der Waals surface area contributed by atoms with E-state index in [0.717, 1.165) is 119 Å². The molecule has 0 heterocycles. The smallest absolute Gasteiger partial charge is 0.411 e. The number of aromatic hydroxyl groups is 3. The minimum atomic E-state index is -5.63.